The van der Waals surface area contributed by atoms with Crippen molar-refractivity contribution in [2.45, 2.75) is 52.3 Å². The van der Waals surface area contributed by atoms with Gasteiger partial charge in [0.25, 0.3) is 0 Å². The number of hydrogen-bond donors (Lipinski definition) is 2. The van der Waals surface area contributed by atoms with Crippen LogP contribution in [-0.2, 0) is 24.9 Å². The monoisotopic (exact) mass is 501 g/mol. The molecule has 2 atom stereocenters. The Bertz CT molecular complexity index is 1540. The summed E-state index contributed by atoms with van der Waals surface area (Å²) in [4.78, 5) is 29.0. The molecule has 3 heterocycles. The van der Waals surface area contributed by atoms with Crippen LogP contribution in [0.3, 0.4) is 0 Å². The lowest BCUT2D eigenvalue weighted by Crippen LogP contribution is -2.31. The fraction of sp³-hybridized carbons (Fsp3) is 0.357. The van der Waals surface area contributed by atoms with Crippen LogP contribution in [0.5, 0.6) is 5.75 Å². The van der Waals surface area contributed by atoms with Crippen molar-refractivity contribution in [1.29, 1.82) is 0 Å². The number of rotatable bonds is 6. The van der Waals surface area contributed by atoms with Crippen molar-refractivity contribution in [2.24, 2.45) is 7.05 Å². The Hall–Kier alpha value is -3.98. The van der Waals surface area contributed by atoms with Crippen LogP contribution in [0.25, 0.3) is 11.0 Å². The normalized spacial score (nSPS) is 16.7. The molecule has 1 aliphatic rings. The zero-order chi connectivity index (χ0) is 26.3. The average Bonchev–Trinajstić information content (AvgIpc) is 3.14. The molecule has 192 valence electrons. The number of aromatic amines is 1. The highest BCUT2D eigenvalue weighted by Gasteiger charge is 2.25. The van der Waals surface area contributed by atoms with E-state index in [2.05, 4.69) is 39.3 Å². The number of fused-ring (bicyclic) bond motifs is 2. The van der Waals surface area contributed by atoms with E-state index in [0.717, 1.165) is 44.5 Å². The summed E-state index contributed by atoms with van der Waals surface area (Å²) >= 11 is 0. The van der Waals surface area contributed by atoms with Crippen LogP contribution in [0.4, 0.5) is 0 Å². The number of H-pyrrole nitrogens is 1. The molecule has 9 heteroatoms. The molecule has 37 heavy (non-hydrogen) atoms. The van der Waals surface area contributed by atoms with Gasteiger partial charge in [0.2, 0.25) is 5.56 Å². The van der Waals surface area contributed by atoms with E-state index in [1.165, 1.54) is 6.07 Å². The van der Waals surface area contributed by atoms with Gasteiger partial charge in [0, 0.05) is 38.7 Å². The Morgan fingerprint density at radius 2 is 2.03 bits per heavy atom. The van der Waals surface area contributed by atoms with Gasteiger partial charge in [-0.05, 0) is 60.7 Å². The molecule has 2 aromatic carbocycles. The lowest BCUT2D eigenvalue weighted by Gasteiger charge is -2.24. The smallest absolute Gasteiger partial charge is 0.304 e. The first-order valence-corrected chi connectivity index (χ1v) is 12.4. The molecular formula is C28H31N5O4. The van der Waals surface area contributed by atoms with Crippen LogP contribution in [0, 0.1) is 13.8 Å². The number of aromatic nitrogens is 4. The molecule has 5 rings (SSSR count). The molecule has 2 N–H and O–H groups in total. The van der Waals surface area contributed by atoms with Crippen LogP contribution in [0.1, 0.15) is 52.8 Å². The summed E-state index contributed by atoms with van der Waals surface area (Å²) in [6.07, 6.45) is -0.0741. The van der Waals surface area contributed by atoms with Crippen LogP contribution < -0.4 is 10.3 Å². The number of carboxylic acids is 1. The number of aliphatic carboxylic acids is 1. The summed E-state index contributed by atoms with van der Waals surface area (Å²) in [6.45, 7) is 7.96. The number of ether oxygens (including phenoxy) is 1. The van der Waals surface area contributed by atoms with E-state index < -0.39 is 5.97 Å². The van der Waals surface area contributed by atoms with Crippen LogP contribution in [0.2, 0.25) is 0 Å². The highest BCUT2D eigenvalue weighted by atomic mass is 16.5. The second-order valence-electron chi connectivity index (χ2n) is 9.96. The molecule has 0 amide bonds. The molecule has 0 saturated heterocycles. The van der Waals surface area contributed by atoms with Gasteiger partial charge in [-0.3, -0.25) is 14.5 Å². The maximum atomic E-state index is 11.9. The lowest BCUT2D eigenvalue weighted by molar-refractivity contribution is -0.137. The third-order valence-electron chi connectivity index (χ3n) is 7.19. The molecule has 0 radical (unpaired) electrons. The zero-order valence-electron chi connectivity index (χ0n) is 21.5. The van der Waals surface area contributed by atoms with Crippen molar-refractivity contribution in [3.8, 4) is 5.75 Å². The lowest BCUT2D eigenvalue weighted by atomic mass is 9.84. The maximum Gasteiger partial charge on any atom is 0.304 e. The molecule has 0 aliphatic carbocycles. The Kier molecular flexibility index (Phi) is 6.55. The second-order valence-corrected chi connectivity index (χ2v) is 9.96. The SMILES string of the molecule is Cc1ccc([C@H](CC(=O)O)c2ccc3c(nnn3C)c2C)cc1CN1Cc2[nH]c(=O)ccc2O[C@H](C)C1. The summed E-state index contributed by atoms with van der Waals surface area (Å²) in [5.41, 5.74) is 7.38. The number of aryl methyl sites for hydroxylation is 3. The minimum absolute atomic E-state index is 0.0295. The van der Waals surface area contributed by atoms with Crippen LogP contribution in [0.15, 0.2) is 47.3 Å². The summed E-state index contributed by atoms with van der Waals surface area (Å²) in [6, 6.07) is 13.4. The summed E-state index contributed by atoms with van der Waals surface area (Å²) < 4.78 is 7.76. The third kappa shape index (κ3) is 4.99. The molecule has 0 spiro atoms. The maximum absolute atomic E-state index is 11.9. The van der Waals surface area contributed by atoms with E-state index in [9.17, 15) is 14.7 Å². The number of carboxylic acid groups (broad SMARTS) is 1. The van der Waals surface area contributed by atoms with Crippen molar-refractivity contribution in [1.82, 2.24) is 24.9 Å². The van der Waals surface area contributed by atoms with Crippen LogP contribution >= 0.6 is 0 Å². The molecule has 0 bridgehead atoms. The molecule has 0 unspecified atom stereocenters. The van der Waals surface area contributed by atoms with Gasteiger partial charge in [0.1, 0.15) is 17.4 Å². The number of carbonyl (C=O) groups is 1. The first-order valence-electron chi connectivity index (χ1n) is 12.4. The largest absolute Gasteiger partial charge is 0.488 e. The van der Waals surface area contributed by atoms with Crippen molar-refractivity contribution < 1.29 is 14.6 Å². The Morgan fingerprint density at radius 1 is 1.22 bits per heavy atom. The molecule has 0 fully saturated rings. The minimum Gasteiger partial charge on any atom is -0.488 e. The zero-order valence-corrected chi connectivity index (χ0v) is 21.5. The highest BCUT2D eigenvalue weighted by molar-refractivity contribution is 5.80. The standard InChI is InChI=1S/C28H31N5O4/c1-16-5-6-19(22(12-27(35)36)21-7-8-24-28(18(21)3)30-31-32(24)4)11-20(16)14-33-13-17(2)37-25-9-10-26(34)29-23(25)15-33/h5-11,17,22H,12-15H2,1-4H3,(H,29,34)(H,35,36)/t17-,22+/m1/s1. The van der Waals surface area contributed by atoms with Crippen LogP contribution in [-0.4, -0.2) is 48.6 Å². The predicted octanol–water partition coefficient (Wildman–Crippen LogP) is 3.66. The Balaban J connectivity index is 1.50. The van der Waals surface area contributed by atoms with Gasteiger partial charge in [0.05, 0.1) is 17.6 Å². The fourth-order valence-electron chi connectivity index (χ4n) is 5.29. The number of nitrogens with one attached hydrogen (secondary N) is 1. The van der Waals surface area contributed by atoms with Gasteiger partial charge in [-0.2, -0.15) is 0 Å². The van der Waals surface area contributed by atoms with Gasteiger partial charge >= 0.3 is 5.97 Å². The van der Waals surface area contributed by atoms with Crippen molar-refractivity contribution in [3.63, 3.8) is 0 Å². The fourth-order valence-corrected chi connectivity index (χ4v) is 5.29. The van der Waals surface area contributed by atoms with E-state index in [1.807, 2.05) is 39.1 Å². The molecule has 2 aromatic heterocycles. The minimum atomic E-state index is -0.857. The van der Waals surface area contributed by atoms with Gasteiger partial charge in [-0.15, -0.1) is 5.10 Å². The summed E-state index contributed by atoms with van der Waals surface area (Å²) in [5.74, 6) is -0.479. The summed E-state index contributed by atoms with van der Waals surface area (Å²) in [5, 5.41) is 18.2. The van der Waals surface area contributed by atoms with Gasteiger partial charge in [0.15, 0.2) is 0 Å². The van der Waals surface area contributed by atoms with E-state index >= 15 is 0 Å². The van der Waals surface area contributed by atoms with E-state index in [0.29, 0.717) is 25.4 Å². The van der Waals surface area contributed by atoms with Crippen molar-refractivity contribution in [2.75, 3.05) is 6.54 Å². The number of hydrogen-bond acceptors (Lipinski definition) is 6. The second kappa shape index (κ2) is 9.82. The highest BCUT2D eigenvalue weighted by Crippen LogP contribution is 2.34. The van der Waals surface area contributed by atoms with Crippen molar-refractivity contribution >= 4 is 17.0 Å². The average molecular weight is 502 g/mol. The molecule has 0 saturated carbocycles. The number of pyridine rings is 1. The van der Waals surface area contributed by atoms with Gasteiger partial charge in [-0.25, -0.2) is 4.68 Å². The molecule has 4 aromatic rings. The third-order valence-corrected chi connectivity index (χ3v) is 7.19. The first-order chi connectivity index (χ1) is 17.7. The van der Waals surface area contributed by atoms with E-state index in [4.69, 9.17) is 4.74 Å². The molecular weight excluding hydrogens is 470 g/mol. The topological polar surface area (TPSA) is 113 Å². The van der Waals surface area contributed by atoms with E-state index in [-0.39, 0.29) is 24.0 Å². The Labute approximate surface area is 214 Å². The molecule has 1 aliphatic heterocycles. The quantitative estimate of drug-likeness (QED) is 0.414. The first kappa shape index (κ1) is 24.7. The number of nitrogens with zero attached hydrogens (tertiary/aromatic N) is 4. The van der Waals surface area contributed by atoms with Crippen molar-refractivity contribution in [3.05, 3.63) is 86.3 Å². The number of benzene rings is 2. The van der Waals surface area contributed by atoms with Gasteiger partial charge in [-0.1, -0.05) is 29.5 Å². The predicted molar refractivity (Wildman–Crippen MR) is 140 cm³/mol. The van der Waals surface area contributed by atoms with E-state index in [1.54, 1.807) is 10.7 Å². The molecule has 9 nitrogen and oxygen atoms in total. The summed E-state index contributed by atoms with van der Waals surface area (Å²) in [7, 11) is 1.85. The van der Waals surface area contributed by atoms with Gasteiger partial charge < -0.3 is 14.8 Å². The Morgan fingerprint density at radius 3 is 2.81 bits per heavy atom.